The number of ketones is 1. The van der Waals surface area contributed by atoms with Crippen molar-refractivity contribution >= 4 is 87.5 Å². The average molecular weight is 842 g/mol. The van der Waals surface area contributed by atoms with Gasteiger partial charge < -0.3 is 20.6 Å². The summed E-state index contributed by atoms with van der Waals surface area (Å²) < 4.78 is 25.5. The van der Waals surface area contributed by atoms with Crippen molar-refractivity contribution in [2.24, 2.45) is 11.5 Å². The molecular weight excluding hydrogens is 809 g/mol. The van der Waals surface area contributed by atoms with Crippen LogP contribution in [0.25, 0.3) is 0 Å². The Morgan fingerprint density at radius 1 is 0.973 bits per heavy atom. The lowest BCUT2D eigenvalue weighted by atomic mass is 9.51. The molecule has 1 aromatic rings. The summed E-state index contributed by atoms with van der Waals surface area (Å²) in [5.74, 6) is 1.77. The molecule has 37 heavy (non-hydrogen) atoms. The minimum absolute atomic E-state index is 0.140. The van der Waals surface area contributed by atoms with Gasteiger partial charge in [-0.25, -0.2) is 0 Å². The summed E-state index contributed by atoms with van der Waals surface area (Å²) in [5.41, 5.74) is 15.2. The topological polar surface area (TPSA) is 109 Å². The predicted molar refractivity (Wildman–Crippen MR) is 175 cm³/mol. The second kappa shape index (κ2) is 8.56. The fourth-order valence-electron chi connectivity index (χ4n) is 8.21. The smallest absolute Gasteiger partial charge is 0.306 e. The van der Waals surface area contributed by atoms with Crippen LogP contribution in [0.1, 0.15) is 62.9 Å². The number of allylic oxidation sites excluding steroid dienone is 1. The molecule has 1 spiro atoms. The number of fused-ring (bicyclic) bond motifs is 6. The first-order valence-corrected chi connectivity index (χ1v) is 20.4. The number of nitrogens with two attached hydrogens (primary N) is 2. The average Bonchev–Trinajstić information content (AvgIpc) is 3.56. The normalized spacial score (nSPS) is 44.6. The van der Waals surface area contributed by atoms with Crippen molar-refractivity contribution in [2.45, 2.75) is 85.2 Å². The van der Waals surface area contributed by atoms with E-state index in [4.69, 9.17) is 25.1 Å². The summed E-state index contributed by atoms with van der Waals surface area (Å²) in [6.45, 7) is 1.97. The number of hydrogen-bond donors (Lipinski definition) is 2. The molecule has 0 aromatic carbocycles. The van der Waals surface area contributed by atoms with Crippen LogP contribution in [0.15, 0.2) is 39.8 Å². The Kier molecular flexibility index (Phi) is 6.21. The van der Waals surface area contributed by atoms with E-state index in [0.717, 1.165) is 29.9 Å². The van der Waals surface area contributed by atoms with Crippen molar-refractivity contribution in [3.05, 3.63) is 47.0 Å². The summed E-state index contributed by atoms with van der Waals surface area (Å²) in [6.07, 6.45) is 9.03. The highest BCUT2D eigenvalue weighted by molar-refractivity contribution is 14.2. The van der Waals surface area contributed by atoms with Crippen LogP contribution in [0, 0.1) is 6.92 Å². The highest BCUT2D eigenvalue weighted by atomic mass is 127. The van der Waals surface area contributed by atoms with E-state index >= 15 is 0 Å². The highest BCUT2D eigenvalue weighted by Gasteiger charge is 2.82. The molecule has 3 fully saturated rings. The lowest BCUT2D eigenvalue weighted by Gasteiger charge is -2.68. The zero-order valence-electron chi connectivity index (χ0n) is 21.0. The molecule has 6 atom stereocenters. The van der Waals surface area contributed by atoms with E-state index in [1.807, 2.05) is 19.1 Å². The van der Waals surface area contributed by atoms with Crippen LogP contribution in [-0.4, -0.2) is 48.8 Å². The van der Waals surface area contributed by atoms with Gasteiger partial charge in [-0.05, 0) is 74.8 Å². The molecule has 0 bridgehead atoms. The van der Waals surface area contributed by atoms with E-state index in [1.54, 1.807) is 0 Å². The van der Waals surface area contributed by atoms with Gasteiger partial charge in [0, 0.05) is 12.8 Å². The van der Waals surface area contributed by atoms with Gasteiger partial charge in [0.2, 0.25) is 0 Å². The SMILES string of the molecule is C=I[C@@]12CC[C@@]3(CCC(=O)O3)[C@@]1(N)CC=C1[C@@]3(N)CCC(=O)C=C3C[C@@](I=C)(c3ccc(C)o3)[C@]12I=C. The number of hydrogen-bond acceptors (Lipinski definition) is 6. The number of ether oxygens (including phenoxy) is 1. The molecule has 9 heteroatoms. The summed E-state index contributed by atoms with van der Waals surface area (Å²) in [5, 5.41) is 0. The lowest BCUT2D eigenvalue weighted by molar-refractivity contribution is -0.153. The third-order valence-corrected chi connectivity index (χ3v) is 22.2. The number of furan rings is 1. The van der Waals surface area contributed by atoms with Gasteiger partial charge in [-0.1, -0.05) is 19.6 Å². The Balaban J connectivity index is 1.74. The third-order valence-electron chi connectivity index (χ3n) is 9.90. The second-order valence-corrected chi connectivity index (χ2v) is 18.7. The molecule has 4 N–H and O–H groups in total. The largest absolute Gasteiger partial charge is 0.465 e. The van der Waals surface area contributed by atoms with Gasteiger partial charge in [-0.15, -0.1) is 62.2 Å². The first kappa shape index (κ1) is 26.8. The van der Waals surface area contributed by atoms with Crippen molar-refractivity contribution in [2.75, 3.05) is 0 Å². The van der Waals surface area contributed by atoms with Gasteiger partial charge in [0.05, 0.1) is 21.3 Å². The standard InChI is InChI=1S/C28H33I3N2O4/c1-17-5-6-21(36-17)25(29-2)16-18-15-19(34)7-11-24(18,32)20-8-12-27(33)23(10-9-22(35)37-23)13-14-26(27,30-3)28(20,25)31-4/h5-6,8,15H,2-4,7,9-14,16,32-33H2,1H3/t23-,24+,25+,26-,27-,28+/m0/s1. The Bertz CT molecular complexity index is 1350. The van der Waals surface area contributed by atoms with Crippen LogP contribution in [0.4, 0.5) is 0 Å². The van der Waals surface area contributed by atoms with E-state index < -0.39 is 85.7 Å². The Morgan fingerprint density at radius 3 is 2.35 bits per heavy atom. The molecule has 4 aliphatic carbocycles. The number of halogens is 3. The van der Waals surface area contributed by atoms with Gasteiger partial charge in [-0.2, -0.15) is 0 Å². The van der Waals surface area contributed by atoms with Crippen molar-refractivity contribution in [1.29, 1.82) is 0 Å². The van der Waals surface area contributed by atoms with Gasteiger partial charge in [0.1, 0.15) is 17.1 Å². The Labute approximate surface area is 247 Å². The highest BCUT2D eigenvalue weighted by Crippen LogP contribution is 2.78. The monoisotopic (exact) mass is 842 g/mol. The zero-order valence-corrected chi connectivity index (χ0v) is 27.5. The molecule has 1 aliphatic heterocycles. The molecule has 2 heterocycles. The van der Waals surface area contributed by atoms with Gasteiger partial charge in [0.25, 0.3) is 0 Å². The van der Waals surface area contributed by atoms with E-state index in [2.05, 4.69) is 21.2 Å². The van der Waals surface area contributed by atoms with Gasteiger partial charge >= 0.3 is 5.97 Å². The molecule has 6 nitrogen and oxygen atoms in total. The third kappa shape index (κ3) is 2.96. The fourth-order valence-corrected chi connectivity index (χ4v) is 22.1. The first-order chi connectivity index (χ1) is 17.5. The molecule has 2 saturated carbocycles. The maximum absolute atomic E-state index is 12.7. The van der Waals surface area contributed by atoms with Crippen molar-refractivity contribution in [3.8, 4) is 0 Å². The maximum atomic E-state index is 12.7. The van der Waals surface area contributed by atoms with E-state index in [9.17, 15) is 9.59 Å². The van der Waals surface area contributed by atoms with Crippen molar-refractivity contribution in [3.63, 3.8) is 0 Å². The molecule has 200 valence electrons. The maximum Gasteiger partial charge on any atom is 0.306 e. The minimum atomic E-state index is -0.768. The number of rotatable bonds is 4. The fraction of sp³-hybridized carbons (Fsp3) is 0.536. The van der Waals surface area contributed by atoms with Crippen LogP contribution in [0.3, 0.4) is 0 Å². The van der Waals surface area contributed by atoms with Crippen molar-refractivity contribution < 1.29 is 18.7 Å². The summed E-state index contributed by atoms with van der Waals surface area (Å²) in [7, 11) is 0. The number of alkyl halides is 3. The molecule has 1 saturated heterocycles. The molecular formula is C28H33I3N2O4. The molecule has 5 aliphatic rings. The Morgan fingerprint density at radius 2 is 1.76 bits per heavy atom. The Hall–Kier alpha value is -0.380. The van der Waals surface area contributed by atoms with Crippen LogP contribution in [-0.2, 0) is 17.7 Å². The number of esters is 1. The van der Waals surface area contributed by atoms with Gasteiger partial charge in [-0.3, -0.25) is 9.59 Å². The van der Waals surface area contributed by atoms with Gasteiger partial charge in [0.15, 0.2) is 5.78 Å². The zero-order chi connectivity index (χ0) is 26.5. The lowest BCUT2D eigenvalue weighted by Crippen LogP contribution is -2.79. The summed E-state index contributed by atoms with van der Waals surface area (Å²) in [6, 6.07) is 4.13. The summed E-state index contributed by atoms with van der Waals surface area (Å²) in [4.78, 5) is 25.2. The van der Waals surface area contributed by atoms with Crippen LogP contribution < -0.4 is 11.5 Å². The first-order valence-electron chi connectivity index (χ1n) is 12.5. The van der Waals surface area contributed by atoms with E-state index in [1.165, 1.54) is 5.57 Å². The van der Waals surface area contributed by atoms with Crippen LogP contribution in [0.5, 0.6) is 0 Å². The number of carbonyl (C=O) groups is 2. The number of carbonyl (C=O) groups excluding carboxylic acids is 2. The molecule has 0 amide bonds. The molecule has 1 aromatic heterocycles. The number of aryl methyl sites for hydroxylation is 1. The molecule has 6 rings (SSSR count). The minimum Gasteiger partial charge on any atom is -0.465 e. The van der Waals surface area contributed by atoms with E-state index in [-0.39, 0.29) is 15.2 Å². The van der Waals surface area contributed by atoms with E-state index in [0.29, 0.717) is 38.5 Å². The van der Waals surface area contributed by atoms with Crippen molar-refractivity contribution in [1.82, 2.24) is 0 Å². The van der Waals surface area contributed by atoms with Crippen LogP contribution >= 0.6 is 62.2 Å². The second-order valence-electron chi connectivity index (χ2n) is 11.1. The summed E-state index contributed by atoms with van der Waals surface area (Å²) >= 11 is -2.21. The molecule has 0 unspecified atom stereocenters. The van der Waals surface area contributed by atoms with Crippen LogP contribution in [0.2, 0.25) is 0 Å². The predicted octanol–water partition coefficient (Wildman–Crippen LogP) is 4.76. The molecule has 0 radical (unpaired) electrons. The quantitative estimate of drug-likeness (QED) is 0.196.